The van der Waals surface area contributed by atoms with E-state index in [1.807, 2.05) is 0 Å². The van der Waals surface area contributed by atoms with E-state index < -0.39 is 6.10 Å². The lowest BCUT2D eigenvalue weighted by Crippen LogP contribution is -2.30. The average Bonchev–Trinajstić information content (AvgIpc) is 3.40. The summed E-state index contributed by atoms with van der Waals surface area (Å²) in [6.45, 7) is 6.58. The SMILES string of the molecule is CCCC/C=C\C/C=C\CCCCCCCC(=O)OCC(COC(=O)CCCCCCCCCCCCCCC/C=C\C/C=C\CCCCCCC)OC(=O)CCCCCCCCC/C=C\C/C=C\CCCCC. The molecule has 0 aromatic heterocycles. The van der Waals surface area contributed by atoms with Crippen LogP contribution in [0, 0.1) is 0 Å². The fourth-order valence-electron chi connectivity index (χ4n) is 9.05. The highest BCUT2D eigenvalue weighted by Crippen LogP contribution is 2.16. The summed E-state index contributed by atoms with van der Waals surface area (Å²) in [4.78, 5) is 38.3. The second kappa shape index (κ2) is 62.4. The van der Waals surface area contributed by atoms with Crippen LogP contribution < -0.4 is 0 Å². The van der Waals surface area contributed by atoms with Gasteiger partial charge in [0.2, 0.25) is 0 Å². The summed E-state index contributed by atoms with van der Waals surface area (Å²) in [6, 6.07) is 0. The Balaban J connectivity index is 4.31. The molecule has 0 aromatic rings. The van der Waals surface area contributed by atoms with Crippen LogP contribution in [0.1, 0.15) is 323 Å². The van der Waals surface area contributed by atoms with Crippen molar-refractivity contribution in [3.63, 3.8) is 0 Å². The van der Waals surface area contributed by atoms with Crippen molar-refractivity contribution in [2.45, 2.75) is 329 Å². The summed E-state index contributed by atoms with van der Waals surface area (Å²) in [5.41, 5.74) is 0. The van der Waals surface area contributed by atoms with Crippen molar-refractivity contribution in [1.29, 1.82) is 0 Å². The Morgan fingerprint density at radius 2 is 0.500 bits per heavy atom. The first-order chi connectivity index (χ1) is 36.5. The monoisotopic (exact) mass is 1030 g/mol. The highest BCUT2D eigenvalue weighted by atomic mass is 16.6. The first-order valence-corrected chi connectivity index (χ1v) is 31.9. The zero-order valence-corrected chi connectivity index (χ0v) is 49.1. The smallest absolute Gasteiger partial charge is 0.306 e. The molecule has 1 atom stereocenters. The number of esters is 3. The van der Waals surface area contributed by atoms with Crippen LogP contribution in [0.4, 0.5) is 0 Å². The summed E-state index contributed by atoms with van der Waals surface area (Å²) in [5, 5.41) is 0. The van der Waals surface area contributed by atoms with Crippen molar-refractivity contribution in [3.05, 3.63) is 72.9 Å². The van der Waals surface area contributed by atoms with Gasteiger partial charge in [0.15, 0.2) is 6.10 Å². The van der Waals surface area contributed by atoms with Crippen molar-refractivity contribution in [2.75, 3.05) is 13.2 Å². The van der Waals surface area contributed by atoms with Gasteiger partial charge in [-0.25, -0.2) is 0 Å². The molecule has 0 saturated heterocycles. The minimum atomic E-state index is -0.786. The van der Waals surface area contributed by atoms with Crippen molar-refractivity contribution >= 4 is 17.9 Å². The lowest BCUT2D eigenvalue weighted by molar-refractivity contribution is -0.167. The van der Waals surface area contributed by atoms with Gasteiger partial charge in [0.1, 0.15) is 13.2 Å². The Morgan fingerprint density at radius 3 is 0.811 bits per heavy atom. The average molecular weight is 1030 g/mol. The van der Waals surface area contributed by atoms with E-state index in [0.29, 0.717) is 19.3 Å². The van der Waals surface area contributed by atoms with Crippen LogP contribution in [0.3, 0.4) is 0 Å². The second-order valence-corrected chi connectivity index (χ2v) is 21.3. The minimum absolute atomic E-state index is 0.0822. The van der Waals surface area contributed by atoms with Crippen LogP contribution in [-0.2, 0) is 28.6 Å². The number of carbonyl (C=O) groups is 3. The van der Waals surface area contributed by atoms with Crippen LogP contribution in [0.15, 0.2) is 72.9 Å². The third-order valence-corrected chi connectivity index (χ3v) is 13.9. The van der Waals surface area contributed by atoms with Gasteiger partial charge in [-0.2, -0.15) is 0 Å². The minimum Gasteiger partial charge on any atom is -0.462 e. The summed E-state index contributed by atoms with van der Waals surface area (Å²) < 4.78 is 16.9. The molecule has 74 heavy (non-hydrogen) atoms. The van der Waals surface area contributed by atoms with Gasteiger partial charge >= 0.3 is 17.9 Å². The molecule has 0 heterocycles. The normalized spacial score (nSPS) is 12.5. The maximum Gasteiger partial charge on any atom is 0.306 e. The number of rotatable bonds is 58. The lowest BCUT2D eigenvalue weighted by atomic mass is 10.0. The molecule has 428 valence electrons. The molecule has 0 aliphatic heterocycles. The first-order valence-electron chi connectivity index (χ1n) is 31.9. The zero-order valence-electron chi connectivity index (χ0n) is 49.1. The van der Waals surface area contributed by atoms with Crippen molar-refractivity contribution < 1.29 is 28.6 Å². The Bertz CT molecular complexity index is 1370. The molecule has 0 bridgehead atoms. The zero-order chi connectivity index (χ0) is 53.6. The fraction of sp³-hybridized carbons (Fsp3) is 0.779. The topological polar surface area (TPSA) is 78.9 Å². The maximum absolute atomic E-state index is 12.9. The van der Waals surface area contributed by atoms with E-state index in [-0.39, 0.29) is 31.1 Å². The van der Waals surface area contributed by atoms with Gasteiger partial charge < -0.3 is 14.2 Å². The van der Waals surface area contributed by atoms with Crippen LogP contribution >= 0.6 is 0 Å². The molecule has 6 nitrogen and oxygen atoms in total. The largest absolute Gasteiger partial charge is 0.462 e. The molecule has 0 spiro atoms. The van der Waals surface area contributed by atoms with Crippen molar-refractivity contribution in [1.82, 2.24) is 0 Å². The van der Waals surface area contributed by atoms with E-state index in [0.717, 1.165) is 96.3 Å². The van der Waals surface area contributed by atoms with E-state index in [1.165, 1.54) is 186 Å². The molecular formula is C68H120O6. The summed E-state index contributed by atoms with van der Waals surface area (Å²) in [5.74, 6) is -0.892. The molecule has 0 saturated carbocycles. The molecule has 0 fully saturated rings. The number of hydrogen-bond acceptors (Lipinski definition) is 6. The fourth-order valence-corrected chi connectivity index (χ4v) is 9.05. The van der Waals surface area contributed by atoms with E-state index >= 15 is 0 Å². The molecule has 1 unspecified atom stereocenters. The number of ether oxygens (including phenoxy) is 3. The molecule has 0 aromatic carbocycles. The Morgan fingerprint density at radius 1 is 0.270 bits per heavy atom. The highest BCUT2D eigenvalue weighted by molar-refractivity contribution is 5.71. The first kappa shape index (κ1) is 70.8. The molecule has 0 radical (unpaired) electrons. The van der Waals surface area contributed by atoms with Gasteiger partial charge in [-0.05, 0) is 109 Å². The van der Waals surface area contributed by atoms with Crippen molar-refractivity contribution in [2.24, 2.45) is 0 Å². The van der Waals surface area contributed by atoms with Gasteiger partial charge in [0.05, 0.1) is 0 Å². The summed E-state index contributed by atoms with van der Waals surface area (Å²) in [6.07, 6.45) is 80.5. The van der Waals surface area contributed by atoms with Gasteiger partial charge in [0.25, 0.3) is 0 Å². The van der Waals surface area contributed by atoms with Crippen LogP contribution in [-0.4, -0.2) is 37.2 Å². The summed E-state index contributed by atoms with van der Waals surface area (Å²) >= 11 is 0. The Hall–Kier alpha value is -3.15. The van der Waals surface area contributed by atoms with Gasteiger partial charge in [-0.15, -0.1) is 0 Å². The highest BCUT2D eigenvalue weighted by Gasteiger charge is 2.19. The second-order valence-electron chi connectivity index (χ2n) is 21.3. The van der Waals surface area contributed by atoms with Gasteiger partial charge in [0, 0.05) is 19.3 Å². The van der Waals surface area contributed by atoms with E-state index in [2.05, 4.69) is 93.7 Å². The third kappa shape index (κ3) is 59.7. The third-order valence-electron chi connectivity index (χ3n) is 13.9. The van der Waals surface area contributed by atoms with Gasteiger partial charge in [-0.3, -0.25) is 14.4 Å². The molecule has 0 rings (SSSR count). The molecular weight excluding hydrogens is 913 g/mol. The van der Waals surface area contributed by atoms with Crippen LogP contribution in [0.2, 0.25) is 0 Å². The molecule has 0 amide bonds. The summed E-state index contributed by atoms with van der Waals surface area (Å²) in [7, 11) is 0. The van der Waals surface area contributed by atoms with E-state index in [1.54, 1.807) is 0 Å². The Labute approximate surface area is 459 Å². The van der Waals surface area contributed by atoms with Gasteiger partial charge in [-0.1, -0.05) is 267 Å². The molecule has 0 aliphatic carbocycles. The van der Waals surface area contributed by atoms with Crippen LogP contribution in [0.25, 0.3) is 0 Å². The number of allylic oxidation sites excluding steroid dienone is 12. The number of unbranched alkanes of at least 4 members (excludes halogenated alkanes) is 35. The van der Waals surface area contributed by atoms with E-state index in [9.17, 15) is 14.4 Å². The molecule has 0 aliphatic rings. The number of carbonyl (C=O) groups excluding carboxylic acids is 3. The van der Waals surface area contributed by atoms with Crippen molar-refractivity contribution in [3.8, 4) is 0 Å². The quantitative estimate of drug-likeness (QED) is 0.0261. The number of hydrogen-bond donors (Lipinski definition) is 0. The van der Waals surface area contributed by atoms with E-state index in [4.69, 9.17) is 14.2 Å². The Kier molecular flexibility index (Phi) is 59.7. The molecule has 6 heteroatoms. The standard InChI is InChI=1S/C68H120O6/c1-4-7-10-13-16-19-22-25-28-30-31-32-33-34-35-36-37-39-40-43-46-49-52-55-58-61-67(70)73-64-65(63-72-66(69)60-57-54-51-48-45-42-27-24-21-18-15-12-9-6-3)74-68(71)62-59-56-53-50-47-44-41-38-29-26-23-20-17-14-11-8-5-2/h15,17-18,20,22,24-27,29-31,65H,4-14,16,19,21,23,28,32-64H2,1-3H3/b18-15-,20-17-,25-22-,27-24-,29-26-,31-30-. The predicted octanol–water partition coefficient (Wildman–Crippen LogP) is 21.7. The maximum atomic E-state index is 12.9. The lowest BCUT2D eigenvalue weighted by Gasteiger charge is -2.18. The van der Waals surface area contributed by atoms with Crippen LogP contribution in [0.5, 0.6) is 0 Å². The predicted molar refractivity (Wildman–Crippen MR) is 321 cm³/mol. The molecule has 0 N–H and O–H groups in total.